The Labute approximate surface area is 129 Å². The second kappa shape index (κ2) is 5.24. The van der Waals surface area contributed by atoms with Crippen molar-refractivity contribution in [3.63, 3.8) is 0 Å². The number of carbonyl (C=O) groups excluding carboxylic acids is 1. The number of fused-ring (bicyclic) bond motifs is 1. The predicted octanol–water partition coefficient (Wildman–Crippen LogP) is 2.36. The second-order valence-corrected chi connectivity index (χ2v) is 5.89. The van der Waals surface area contributed by atoms with Crippen molar-refractivity contribution in [1.82, 2.24) is 9.78 Å². The van der Waals surface area contributed by atoms with Gasteiger partial charge in [-0.2, -0.15) is 18.3 Å². The molecule has 2 saturated carbocycles. The third-order valence-electron chi connectivity index (χ3n) is 4.62. The molecule has 9 heteroatoms. The average molecular weight is 332 g/mol. The number of nitrogens with zero attached hydrogens (tertiary/aromatic N) is 2. The number of hydrogen-bond donors (Lipinski definition) is 1. The number of rotatable bonds is 4. The summed E-state index contributed by atoms with van der Waals surface area (Å²) >= 11 is 0. The van der Waals surface area contributed by atoms with E-state index in [9.17, 15) is 22.8 Å². The van der Waals surface area contributed by atoms with E-state index in [1.807, 2.05) is 0 Å². The Hall–Kier alpha value is -2.06. The largest absolute Gasteiger partial charge is 0.478 e. The molecule has 0 saturated heterocycles. The molecule has 2 aliphatic carbocycles. The Balaban J connectivity index is 1.79. The molecule has 126 valence electrons. The fourth-order valence-electron chi connectivity index (χ4n) is 3.68. The van der Waals surface area contributed by atoms with Gasteiger partial charge in [0.1, 0.15) is 5.56 Å². The highest BCUT2D eigenvalue weighted by molar-refractivity contribution is 5.88. The topological polar surface area (TPSA) is 81.4 Å². The maximum Gasteiger partial charge on any atom is 0.433 e. The van der Waals surface area contributed by atoms with E-state index in [4.69, 9.17) is 9.84 Å². The molecule has 1 heterocycles. The lowest BCUT2D eigenvalue weighted by molar-refractivity contribution is -0.147. The van der Waals surface area contributed by atoms with Crippen molar-refractivity contribution in [1.29, 1.82) is 0 Å². The molecule has 0 radical (unpaired) electrons. The van der Waals surface area contributed by atoms with E-state index in [1.165, 1.54) is 0 Å². The molecule has 0 bridgehead atoms. The van der Waals surface area contributed by atoms with Crippen LogP contribution in [0.15, 0.2) is 6.20 Å². The molecule has 1 aromatic rings. The highest BCUT2D eigenvalue weighted by Gasteiger charge is 2.61. The average Bonchev–Trinajstić information content (AvgIpc) is 2.85. The van der Waals surface area contributed by atoms with Crippen molar-refractivity contribution in [3.8, 4) is 0 Å². The zero-order chi connectivity index (χ0) is 16.9. The first-order valence-electron chi connectivity index (χ1n) is 7.30. The molecule has 0 aromatic carbocycles. The van der Waals surface area contributed by atoms with E-state index < -0.39 is 29.4 Å². The standard InChI is InChI=1S/C14H15F3N2O4/c1-2-23-13(22)10-7-3-6(4-8(7)10)19-11(14(15,16)17)9(5-18-19)12(20)21/h5-8,10H,2-4H2,1H3,(H,20,21)/t6?,7-,8+,10?. The maximum absolute atomic E-state index is 13.2. The van der Waals surface area contributed by atoms with E-state index in [0.29, 0.717) is 12.8 Å². The molecular formula is C14H15F3N2O4. The lowest BCUT2D eigenvalue weighted by Crippen LogP contribution is -2.22. The Morgan fingerprint density at radius 3 is 2.48 bits per heavy atom. The number of aromatic carboxylic acids is 1. The first kappa shape index (κ1) is 15.8. The van der Waals surface area contributed by atoms with Crippen LogP contribution in [0.25, 0.3) is 0 Å². The van der Waals surface area contributed by atoms with Gasteiger partial charge in [-0.3, -0.25) is 9.48 Å². The molecule has 0 aliphatic heterocycles. The van der Waals surface area contributed by atoms with Crippen LogP contribution in [-0.4, -0.2) is 33.4 Å². The SMILES string of the molecule is CCOC(=O)C1[C@H]2CC(n3ncc(C(=O)O)c3C(F)(F)F)C[C@@H]12. The van der Waals surface area contributed by atoms with Crippen molar-refractivity contribution < 1.29 is 32.6 Å². The Morgan fingerprint density at radius 2 is 2.00 bits per heavy atom. The zero-order valence-corrected chi connectivity index (χ0v) is 12.2. The molecule has 0 amide bonds. The smallest absolute Gasteiger partial charge is 0.433 e. The van der Waals surface area contributed by atoms with Crippen LogP contribution in [0, 0.1) is 17.8 Å². The number of halogens is 3. The third-order valence-corrected chi connectivity index (χ3v) is 4.62. The molecule has 0 spiro atoms. The first-order valence-corrected chi connectivity index (χ1v) is 7.30. The Morgan fingerprint density at radius 1 is 1.39 bits per heavy atom. The molecule has 4 atom stereocenters. The van der Waals surface area contributed by atoms with Gasteiger partial charge < -0.3 is 9.84 Å². The molecule has 23 heavy (non-hydrogen) atoms. The van der Waals surface area contributed by atoms with Gasteiger partial charge in [0.15, 0.2) is 5.69 Å². The first-order chi connectivity index (χ1) is 10.8. The molecule has 6 nitrogen and oxygen atoms in total. The molecule has 1 N–H and O–H groups in total. The Kier molecular flexibility index (Phi) is 3.61. The van der Waals surface area contributed by atoms with Crippen LogP contribution in [0.2, 0.25) is 0 Å². The maximum atomic E-state index is 13.2. The summed E-state index contributed by atoms with van der Waals surface area (Å²) in [7, 11) is 0. The predicted molar refractivity (Wildman–Crippen MR) is 69.6 cm³/mol. The monoisotopic (exact) mass is 332 g/mol. The number of aromatic nitrogens is 2. The van der Waals surface area contributed by atoms with Gasteiger partial charge in [-0.1, -0.05) is 0 Å². The highest BCUT2D eigenvalue weighted by Crippen LogP contribution is 2.61. The summed E-state index contributed by atoms with van der Waals surface area (Å²) in [5.41, 5.74) is -2.08. The summed E-state index contributed by atoms with van der Waals surface area (Å²) in [5.74, 6) is -2.20. The molecule has 2 fully saturated rings. The van der Waals surface area contributed by atoms with E-state index >= 15 is 0 Å². The fraction of sp³-hybridized carbons (Fsp3) is 0.643. The van der Waals surface area contributed by atoms with Crippen LogP contribution in [-0.2, 0) is 15.7 Å². The van der Waals surface area contributed by atoms with Crippen LogP contribution in [0.1, 0.15) is 41.9 Å². The minimum absolute atomic E-state index is 0.00221. The lowest BCUT2D eigenvalue weighted by Gasteiger charge is -2.19. The third kappa shape index (κ3) is 2.57. The van der Waals surface area contributed by atoms with E-state index in [2.05, 4.69) is 5.10 Å². The van der Waals surface area contributed by atoms with Gasteiger partial charge >= 0.3 is 18.1 Å². The number of ether oxygens (including phenoxy) is 1. The van der Waals surface area contributed by atoms with E-state index in [1.54, 1.807) is 6.92 Å². The van der Waals surface area contributed by atoms with Crippen molar-refractivity contribution in [3.05, 3.63) is 17.5 Å². The van der Waals surface area contributed by atoms with Crippen LogP contribution >= 0.6 is 0 Å². The summed E-state index contributed by atoms with van der Waals surface area (Å²) in [6, 6.07) is -0.541. The summed E-state index contributed by atoms with van der Waals surface area (Å²) in [6.07, 6.45) is -3.31. The van der Waals surface area contributed by atoms with Crippen molar-refractivity contribution in [2.45, 2.75) is 32.0 Å². The van der Waals surface area contributed by atoms with Gasteiger partial charge in [-0.25, -0.2) is 4.79 Å². The zero-order valence-electron chi connectivity index (χ0n) is 12.2. The molecular weight excluding hydrogens is 317 g/mol. The molecule has 2 aliphatic rings. The number of carbonyl (C=O) groups is 2. The molecule has 3 rings (SSSR count). The van der Waals surface area contributed by atoms with Gasteiger partial charge in [0.05, 0.1) is 24.8 Å². The summed E-state index contributed by atoms with van der Waals surface area (Å²) < 4.78 is 45.2. The Bertz CT molecular complexity index is 643. The van der Waals surface area contributed by atoms with Gasteiger partial charge in [-0.15, -0.1) is 0 Å². The minimum atomic E-state index is -4.79. The van der Waals surface area contributed by atoms with E-state index in [0.717, 1.165) is 10.9 Å². The van der Waals surface area contributed by atoms with Crippen LogP contribution < -0.4 is 0 Å². The normalized spacial score (nSPS) is 29.2. The number of carboxylic acid groups (broad SMARTS) is 1. The van der Waals surface area contributed by atoms with Gasteiger partial charge in [0.2, 0.25) is 0 Å². The summed E-state index contributed by atoms with van der Waals surface area (Å²) in [6.45, 7) is 1.98. The lowest BCUT2D eigenvalue weighted by atomic mass is 10.1. The van der Waals surface area contributed by atoms with Crippen molar-refractivity contribution >= 4 is 11.9 Å². The second-order valence-electron chi connectivity index (χ2n) is 5.89. The quantitative estimate of drug-likeness (QED) is 0.856. The van der Waals surface area contributed by atoms with Crippen molar-refractivity contribution in [2.75, 3.05) is 6.61 Å². The fourth-order valence-corrected chi connectivity index (χ4v) is 3.68. The molecule has 1 aromatic heterocycles. The van der Waals surface area contributed by atoms with Gasteiger partial charge in [-0.05, 0) is 31.6 Å². The van der Waals surface area contributed by atoms with Crippen LogP contribution in [0.5, 0.6) is 0 Å². The summed E-state index contributed by atoms with van der Waals surface area (Å²) in [4.78, 5) is 22.6. The van der Waals surface area contributed by atoms with E-state index in [-0.39, 0.29) is 30.3 Å². The highest BCUT2D eigenvalue weighted by atomic mass is 19.4. The minimum Gasteiger partial charge on any atom is -0.478 e. The number of hydrogen-bond acceptors (Lipinski definition) is 4. The van der Waals surface area contributed by atoms with Crippen LogP contribution in [0.3, 0.4) is 0 Å². The van der Waals surface area contributed by atoms with Crippen LogP contribution in [0.4, 0.5) is 13.2 Å². The van der Waals surface area contributed by atoms with Gasteiger partial charge in [0.25, 0.3) is 0 Å². The number of esters is 1. The molecule has 2 unspecified atom stereocenters. The summed E-state index contributed by atoms with van der Waals surface area (Å²) in [5, 5.41) is 12.6. The number of carboxylic acids is 1. The van der Waals surface area contributed by atoms with Gasteiger partial charge in [0, 0.05) is 0 Å². The number of alkyl halides is 3. The van der Waals surface area contributed by atoms with Crippen molar-refractivity contribution in [2.24, 2.45) is 17.8 Å².